The standard InChI is InChI=1S/C15H11ClN4/c16-13-10-14(18-11-6-2-1-3-7-11)20-15(19-13)12-8-4-5-9-17-12/h1-10H,(H,18,19,20). The Kier molecular flexibility index (Phi) is 3.56. The van der Waals surface area contributed by atoms with Crippen LogP contribution in [0.5, 0.6) is 0 Å². The van der Waals surface area contributed by atoms with Gasteiger partial charge in [-0.15, -0.1) is 0 Å². The second-order valence-electron chi connectivity index (χ2n) is 4.11. The van der Waals surface area contributed by atoms with Crippen LogP contribution in [-0.4, -0.2) is 15.0 Å². The topological polar surface area (TPSA) is 50.7 Å². The quantitative estimate of drug-likeness (QED) is 0.739. The molecule has 0 atom stereocenters. The number of para-hydroxylation sites is 1. The summed E-state index contributed by atoms with van der Waals surface area (Å²) >= 11 is 6.05. The molecule has 0 fully saturated rings. The lowest BCUT2D eigenvalue weighted by molar-refractivity contribution is 1.14. The maximum Gasteiger partial charge on any atom is 0.181 e. The average Bonchev–Trinajstić information content (AvgIpc) is 2.49. The van der Waals surface area contributed by atoms with Gasteiger partial charge in [0.2, 0.25) is 0 Å². The highest BCUT2D eigenvalue weighted by atomic mass is 35.5. The first-order valence-corrected chi connectivity index (χ1v) is 6.47. The van der Waals surface area contributed by atoms with Gasteiger partial charge in [0.05, 0.1) is 0 Å². The molecule has 4 nitrogen and oxygen atoms in total. The summed E-state index contributed by atoms with van der Waals surface area (Å²) in [6, 6.07) is 17.0. The van der Waals surface area contributed by atoms with Crippen molar-refractivity contribution in [2.75, 3.05) is 5.32 Å². The molecule has 0 radical (unpaired) electrons. The van der Waals surface area contributed by atoms with Crippen LogP contribution in [0.3, 0.4) is 0 Å². The fourth-order valence-corrected chi connectivity index (χ4v) is 1.94. The van der Waals surface area contributed by atoms with Crippen molar-refractivity contribution in [3.05, 3.63) is 65.9 Å². The maximum atomic E-state index is 6.05. The summed E-state index contributed by atoms with van der Waals surface area (Å²) in [6.45, 7) is 0. The summed E-state index contributed by atoms with van der Waals surface area (Å²) < 4.78 is 0. The van der Waals surface area contributed by atoms with E-state index in [1.54, 1.807) is 12.3 Å². The van der Waals surface area contributed by atoms with Crippen molar-refractivity contribution in [3.8, 4) is 11.5 Å². The smallest absolute Gasteiger partial charge is 0.181 e. The Morgan fingerprint density at radius 3 is 2.45 bits per heavy atom. The molecule has 98 valence electrons. The van der Waals surface area contributed by atoms with Gasteiger partial charge in [-0.2, -0.15) is 0 Å². The van der Waals surface area contributed by atoms with Crippen molar-refractivity contribution in [2.24, 2.45) is 0 Å². The Labute approximate surface area is 121 Å². The zero-order chi connectivity index (χ0) is 13.8. The predicted octanol–water partition coefficient (Wildman–Crippen LogP) is 3.94. The molecule has 3 aromatic rings. The van der Waals surface area contributed by atoms with Crippen molar-refractivity contribution >= 4 is 23.1 Å². The first-order chi connectivity index (χ1) is 9.81. The molecule has 0 aliphatic heterocycles. The van der Waals surface area contributed by atoms with E-state index in [-0.39, 0.29) is 0 Å². The summed E-state index contributed by atoms with van der Waals surface area (Å²) in [6.07, 6.45) is 1.70. The lowest BCUT2D eigenvalue weighted by atomic mass is 10.3. The number of nitrogens with one attached hydrogen (secondary N) is 1. The highest BCUT2D eigenvalue weighted by Crippen LogP contribution is 2.21. The highest BCUT2D eigenvalue weighted by Gasteiger charge is 2.06. The van der Waals surface area contributed by atoms with E-state index in [0.29, 0.717) is 22.5 Å². The molecule has 5 heteroatoms. The predicted molar refractivity (Wildman–Crippen MR) is 80.0 cm³/mol. The number of rotatable bonds is 3. The van der Waals surface area contributed by atoms with Gasteiger partial charge in [0.25, 0.3) is 0 Å². The lowest BCUT2D eigenvalue weighted by Gasteiger charge is -2.07. The molecular weight excluding hydrogens is 272 g/mol. The minimum atomic E-state index is 0.374. The molecule has 0 aliphatic carbocycles. The number of benzene rings is 1. The fourth-order valence-electron chi connectivity index (χ4n) is 1.76. The fraction of sp³-hybridized carbons (Fsp3) is 0. The largest absolute Gasteiger partial charge is 0.340 e. The Morgan fingerprint density at radius 1 is 0.900 bits per heavy atom. The van der Waals surface area contributed by atoms with E-state index in [2.05, 4.69) is 20.3 Å². The molecule has 20 heavy (non-hydrogen) atoms. The first-order valence-electron chi connectivity index (χ1n) is 6.09. The van der Waals surface area contributed by atoms with E-state index >= 15 is 0 Å². The minimum absolute atomic E-state index is 0.374. The highest BCUT2D eigenvalue weighted by molar-refractivity contribution is 6.29. The SMILES string of the molecule is Clc1cc(Nc2ccccc2)nc(-c2ccccn2)n1. The number of anilines is 2. The summed E-state index contributed by atoms with van der Waals surface area (Å²) in [4.78, 5) is 12.9. The van der Waals surface area contributed by atoms with E-state index in [1.165, 1.54) is 0 Å². The van der Waals surface area contributed by atoms with Crippen LogP contribution in [0.4, 0.5) is 11.5 Å². The number of aromatic nitrogens is 3. The van der Waals surface area contributed by atoms with Crippen LogP contribution in [0.15, 0.2) is 60.8 Å². The number of hydrogen-bond donors (Lipinski definition) is 1. The molecule has 3 rings (SSSR count). The van der Waals surface area contributed by atoms with Crippen molar-refractivity contribution in [3.63, 3.8) is 0 Å². The average molecular weight is 283 g/mol. The molecule has 0 saturated carbocycles. The van der Waals surface area contributed by atoms with Gasteiger partial charge in [0, 0.05) is 18.0 Å². The van der Waals surface area contributed by atoms with Crippen molar-refractivity contribution < 1.29 is 0 Å². The van der Waals surface area contributed by atoms with Crippen molar-refractivity contribution in [2.45, 2.75) is 0 Å². The van der Waals surface area contributed by atoms with Gasteiger partial charge in [-0.3, -0.25) is 4.98 Å². The molecular formula is C15H11ClN4. The van der Waals surface area contributed by atoms with E-state index in [1.807, 2.05) is 48.5 Å². The van der Waals surface area contributed by atoms with E-state index < -0.39 is 0 Å². The van der Waals surface area contributed by atoms with Crippen molar-refractivity contribution in [1.29, 1.82) is 0 Å². The van der Waals surface area contributed by atoms with E-state index in [9.17, 15) is 0 Å². The summed E-state index contributed by atoms with van der Waals surface area (Å²) in [5, 5.41) is 3.57. The zero-order valence-electron chi connectivity index (χ0n) is 10.5. The molecule has 0 unspecified atom stereocenters. The maximum absolute atomic E-state index is 6.05. The van der Waals surface area contributed by atoms with Crippen molar-refractivity contribution in [1.82, 2.24) is 15.0 Å². The van der Waals surface area contributed by atoms with Gasteiger partial charge < -0.3 is 5.32 Å². The second kappa shape index (κ2) is 5.67. The third-order valence-corrected chi connectivity index (χ3v) is 2.83. The molecule has 0 bridgehead atoms. The van der Waals surface area contributed by atoms with Gasteiger partial charge in [-0.25, -0.2) is 9.97 Å². The van der Waals surface area contributed by atoms with Gasteiger partial charge in [0.15, 0.2) is 5.82 Å². The molecule has 0 amide bonds. The van der Waals surface area contributed by atoms with Crippen LogP contribution < -0.4 is 5.32 Å². The third kappa shape index (κ3) is 2.92. The monoisotopic (exact) mass is 282 g/mol. The number of pyridine rings is 1. The van der Waals surface area contributed by atoms with Gasteiger partial charge in [-0.05, 0) is 24.3 Å². The molecule has 0 aliphatic rings. The molecule has 0 spiro atoms. The Balaban J connectivity index is 1.95. The van der Waals surface area contributed by atoms with Gasteiger partial charge >= 0.3 is 0 Å². The third-order valence-electron chi connectivity index (χ3n) is 2.64. The van der Waals surface area contributed by atoms with Crippen LogP contribution in [0, 0.1) is 0 Å². The Hall–Kier alpha value is -2.46. The number of halogens is 1. The summed E-state index contributed by atoms with van der Waals surface area (Å²) in [7, 11) is 0. The molecule has 2 aromatic heterocycles. The molecule has 1 aromatic carbocycles. The van der Waals surface area contributed by atoms with Crippen LogP contribution in [0.25, 0.3) is 11.5 Å². The van der Waals surface area contributed by atoms with Gasteiger partial charge in [-0.1, -0.05) is 35.9 Å². The number of hydrogen-bond acceptors (Lipinski definition) is 4. The van der Waals surface area contributed by atoms with Crippen LogP contribution in [-0.2, 0) is 0 Å². The van der Waals surface area contributed by atoms with Crippen LogP contribution in [0.1, 0.15) is 0 Å². The van der Waals surface area contributed by atoms with E-state index in [4.69, 9.17) is 11.6 Å². The molecule has 0 saturated heterocycles. The zero-order valence-corrected chi connectivity index (χ0v) is 11.2. The summed E-state index contributed by atoms with van der Waals surface area (Å²) in [5.74, 6) is 1.13. The lowest BCUT2D eigenvalue weighted by Crippen LogP contribution is -1.98. The molecule has 1 N–H and O–H groups in total. The van der Waals surface area contributed by atoms with Crippen LogP contribution in [0.2, 0.25) is 5.15 Å². The summed E-state index contributed by atoms with van der Waals surface area (Å²) in [5.41, 5.74) is 1.63. The minimum Gasteiger partial charge on any atom is -0.340 e. The van der Waals surface area contributed by atoms with E-state index in [0.717, 1.165) is 5.69 Å². The van der Waals surface area contributed by atoms with Crippen LogP contribution >= 0.6 is 11.6 Å². The number of nitrogens with zero attached hydrogens (tertiary/aromatic N) is 3. The Morgan fingerprint density at radius 2 is 1.70 bits per heavy atom. The second-order valence-corrected chi connectivity index (χ2v) is 4.49. The Bertz CT molecular complexity index is 702. The van der Waals surface area contributed by atoms with Gasteiger partial charge in [0.1, 0.15) is 16.7 Å². The normalized spacial score (nSPS) is 10.2. The molecule has 2 heterocycles. The first kappa shape index (κ1) is 12.6.